The van der Waals surface area contributed by atoms with Gasteiger partial charge in [0.15, 0.2) is 6.10 Å². The quantitative estimate of drug-likeness (QED) is 0.0262. The van der Waals surface area contributed by atoms with Crippen molar-refractivity contribution in [3.05, 3.63) is 134 Å². The summed E-state index contributed by atoms with van der Waals surface area (Å²) in [4.78, 5) is 38.0. The zero-order valence-electron chi connectivity index (χ0n) is 43.6. The molecule has 0 aliphatic carbocycles. The molecule has 1 atom stereocenters. The van der Waals surface area contributed by atoms with Crippen molar-refractivity contribution >= 4 is 17.9 Å². The first-order valence-electron chi connectivity index (χ1n) is 27.2. The summed E-state index contributed by atoms with van der Waals surface area (Å²) < 4.78 is 16.7. The molecule has 1 unspecified atom stereocenters. The number of allylic oxidation sites excluding steroid dienone is 22. The van der Waals surface area contributed by atoms with Crippen molar-refractivity contribution in [3.63, 3.8) is 0 Å². The van der Waals surface area contributed by atoms with Gasteiger partial charge in [-0.3, -0.25) is 14.4 Å². The van der Waals surface area contributed by atoms with Gasteiger partial charge < -0.3 is 14.2 Å². The lowest BCUT2D eigenvalue weighted by Gasteiger charge is -2.18. The molecule has 0 aliphatic rings. The lowest BCUT2D eigenvalue weighted by Crippen LogP contribution is -2.30. The molecule has 0 amide bonds. The number of hydrogen-bond donors (Lipinski definition) is 0. The number of ether oxygens (including phenoxy) is 3. The fourth-order valence-electron chi connectivity index (χ4n) is 6.89. The van der Waals surface area contributed by atoms with Gasteiger partial charge in [-0.1, -0.05) is 225 Å². The molecule has 0 spiro atoms. The molecule has 0 heterocycles. The van der Waals surface area contributed by atoms with Crippen LogP contribution in [-0.4, -0.2) is 37.2 Å². The number of hydrogen-bond acceptors (Lipinski definition) is 6. The van der Waals surface area contributed by atoms with E-state index in [9.17, 15) is 14.4 Å². The fourth-order valence-corrected chi connectivity index (χ4v) is 6.89. The summed E-state index contributed by atoms with van der Waals surface area (Å²) in [5, 5.41) is 0. The van der Waals surface area contributed by atoms with E-state index in [4.69, 9.17) is 14.2 Å². The summed E-state index contributed by atoms with van der Waals surface area (Å²) in [6, 6.07) is 0. The summed E-state index contributed by atoms with van der Waals surface area (Å²) in [6.45, 7) is 6.26. The van der Waals surface area contributed by atoms with Gasteiger partial charge >= 0.3 is 17.9 Å². The number of rotatable bonds is 47. The molecular weight excluding hydrogens is 841 g/mol. The molecule has 0 bridgehead atoms. The molecule has 0 aromatic carbocycles. The molecule has 0 N–H and O–H groups in total. The van der Waals surface area contributed by atoms with Gasteiger partial charge in [0.25, 0.3) is 0 Å². The fraction of sp³-hybridized carbons (Fsp3) is 0.597. The Morgan fingerprint density at radius 2 is 0.603 bits per heavy atom. The van der Waals surface area contributed by atoms with Crippen molar-refractivity contribution in [3.8, 4) is 0 Å². The van der Waals surface area contributed by atoms with Crippen LogP contribution in [0, 0.1) is 0 Å². The third-order valence-corrected chi connectivity index (χ3v) is 10.9. The minimum Gasteiger partial charge on any atom is -0.462 e. The first-order chi connectivity index (χ1) is 33.5. The van der Waals surface area contributed by atoms with Crippen LogP contribution in [0.1, 0.15) is 220 Å². The first kappa shape index (κ1) is 63.6. The lowest BCUT2D eigenvalue weighted by atomic mass is 10.1. The van der Waals surface area contributed by atoms with E-state index in [1.807, 2.05) is 24.3 Å². The number of carbonyl (C=O) groups excluding carboxylic acids is 3. The molecule has 0 fully saturated rings. The van der Waals surface area contributed by atoms with Gasteiger partial charge in [0.05, 0.1) is 0 Å². The Morgan fingerprint density at radius 3 is 0.956 bits per heavy atom. The van der Waals surface area contributed by atoms with Crippen LogP contribution >= 0.6 is 0 Å². The Hall–Kier alpha value is -4.45. The number of unbranched alkanes of at least 4 members (excludes halogenated alkanes) is 14. The second-order valence-electron chi connectivity index (χ2n) is 17.4. The highest BCUT2D eigenvalue weighted by atomic mass is 16.6. The normalized spacial score (nSPS) is 13.2. The molecule has 0 saturated carbocycles. The second kappa shape index (κ2) is 55.1. The van der Waals surface area contributed by atoms with Crippen molar-refractivity contribution in [2.24, 2.45) is 0 Å². The van der Waals surface area contributed by atoms with Crippen LogP contribution in [0.3, 0.4) is 0 Å². The largest absolute Gasteiger partial charge is 0.462 e. The lowest BCUT2D eigenvalue weighted by molar-refractivity contribution is -0.166. The van der Waals surface area contributed by atoms with Gasteiger partial charge in [-0.05, 0) is 109 Å². The van der Waals surface area contributed by atoms with E-state index in [1.54, 1.807) is 0 Å². The van der Waals surface area contributed by atoms with Crippen LogP contribution in [0.5, 0.6) is 0 Å². The van der Waals surface area contributed by atoms with Crippen molar-refractivity contribution in [2.75, 3.05) is 13.2 Å². The van der Waals surface area contributed by atoms with Crippen LogP contribution in [0.25, 0.3) is 0 Å². The van der Waals surface area contributed by atoms with Crippen molar-refractivity contribution in [2.45, 2.75) is 226 Å². The standard InChI is InChI=1S/C62H98O6/c1-4-7-10-13-16-19-22-25-27-29-31-33-34-37-40-43-46-49-52-55-61(64)67-58-59(57-66-60(63)54-51-48-45-42-39-36-24-21-18-15-12-9-6-3)68-62(65)56-53-50-47-44-41-38-35-32-30-28-26-23-20-17-14-11-8-5-2/h7,9-10,12,16,18-19,21,25,27-28,30-31,33,36-37,39-40,45-46,48-49,59H,4-6,8,11,13-15,17,20,22-24,26,29,32,34-35,38,41-44,47,50-58H2,1-3H3/b10-7-,12-9-,19-16-,21-18-,27-25-,30-28-,33-31-,39-36-,40-37-,48-45-,49-46-. The second-order valence-corrected chi connectivity index (χ2v) is 17.4. The maximum Gasteiger partial charge on any atom is 0.306 e. The average molecular weight is 939 g/mol. The maximum atomic E-state index is 12.8. The van der Waals surface area contributed by atoms with E-state index < -0.39 is 6.10 Å². The maximum absolute atomic E-state index is 12.8. The van der Waals surface area contributed by atoms with Crippen LogP contribution in [0.15, 0.2) is 134 Å². The highest BCUT2D eigenvalue weighted by molar-refractivity contribution is 5.71. The van der Waals surface area contributed by atoms with Crippen LogP contribution in [0.2, 0.25) is 0 Å². The van der Waals surface area contributed by atoms with Gasteiger partial charge in [-0.15, -0.1) is 0 Å². The minimum atomic E-state index is -0.844. The highest BCUT2D eigenvalue weighted by Crippen LogP contribution is 2.13. The molecule has 0 rings (SSSR count). The van der Waals surface area contributed by atoms with Gasteiger partial charge in [0.1, 0.15) is 13.2 Å². The average Bonchev–Trinajstić information content (AvgIpc) is 3.34. The van der Waals surface area contributed by atoms with E-state index in [0.29, 0.717) is 12.8 Å². The van der Waals surface area contributed by atoms with Crippen LogP contribution in [-0.2, 0) is 28.6 Å². The highest BCUT2D eigenvalue weighted by Gasteiger charge is 2.19. The van der Waals surface area contributed by atoms with Crippen molar-refractivity contribution < 1.29 is 28.6 Å². The van der Waals surface area contributed by atoms with Gasteiger partial charge in [-0.25, -0.2) is 0 Å². The summed E-state index contributed by atoms with van der Waals surface area (Å²) in [5.74, 6) is -1.11. The van der Waals surface area contributed by atoms with Crippen LogP contribution < -0.4 is 0 Å². The molecule has 6 heteroatoms. The van der Waals surface area contributed by atoms with Crippen LogP contribution in [0.4, 0.5) is 0 Å². The van der Waals surface area contributed by atoms with E-state index in [0.717, 1.165) is 83.5 Å². The van der Waals surface area contributed by atoms with Gasteiger partial charge in [0, 0.05) is 19.3 Å². The molecular formula is C62H98O6. The predicted octanol–water partition coefficient (Wildman–Crippen LogP) is 18.3. The molecule has 0 saturated heterocycles. The summed E-state index contributed by atoms with van der Waals surface area (Å²) in [6.07, 6.45) is 77.5. The van der Waals surface area contributed by atoms with Crippen molar-refractivity contribution in [1.29, 1.82) is 0 Å². The topological polar surface area (TPSA) is 78.9 Å². The summed E-state index contributed by atoms with van der Waals surface area (Å²) >= 11 is 0. The Morgan fingerprint density at radius 1 is 0.309 bits per heavy atom. The molecule has 0 aliphatic heterocycles. The Balaban J connectivity index is 4.58. The minimum absolute atomic E-state index is 0.145. The predicted molar refractivity (Wildman–Crippen MR) is 292 cm³/mol. The third kappa shape index (κ3) is 52.5. The van der Waals surface area contributed by atoms with Gasteiger partial charge in [0.2, 0.25) is 0 Å². The zero-order chi connectivity index (χ0) is 49.3. The molecule has 68 heavy (non-hydrogen) atoms. The van der Waals surface area contributed by atoms with E-state index in [-0.39, 0.29) is 50.4 Å². The molecule has 382 valence electrons. The van der Waals surface area contributed by atoms with Gasteiger partial charge in [-0.2, -0.15) is 0 Å². The monoisotopic (exact) mass is 939 g/mol. The molecule has 0 aromatic rings. The Bertz CT molecular complexity index is 1500. The molecule has 0 radical (unpaired) electrons. The van der Waals surface area contributed by atoms with E-state index in [1.165, 1.54) is 83.5 Å². The first-order valence-corrected chi connectivity index (χ1v) is 27.2. The summed E-state index contributed by atoms with van der Waals surface area (Å²) in [5.41, 5.74) is 0. The zero-order valence-corrected chi connectivity index (χ0v) is 43.6. The molecule has 0 aromatic heterocycles. The summed E-state index contributed by atoms with van der Waals surface area (Å²) in [7, 11) is 0. The third-order valence-electron chi connectivity index (χ3n) is 10.9. The Labute approximate surface area is 417 Å². The van der Waals surface area contributed by atoms with E-state index in [2.05, 4.69) is 130 Å². The van der Waals surface area contributed by atoms with Crippen molar-refractivity contribution in [1.82, 2.24) is 0 Å². The number of esters is 3. The Kier molecular flexibility index (Phi) is 51.5. The van der Waals surface area contributed by atoms with E-state index >= 15 is 0 Å². The molecule has 6 nitrogen and oxygen atoms in total. The SMILES string of the molecule is CC/C=C\C/C=C\C/C=C\C/C=C\C/C=C\C/C=C\CCC(=O)OCC(COC(=O)CC/C=C\C/C=C\C/C=C\C/C=C\CC)OC(=O)CCCCCCCCC/C=C\CCCCCCCCC. The number of carbonyl (C=O) groups is 3. The smallest absolute Gasteiger partial charge is 0.306 e.